The van der Waals surface area contributed by atoms with Crippen LogP contribution in [-0.2, 0) is 27.3 Å². The predicted molar refractivity (Wildman–Crippen MR) is 155 cm³/mol. The van der Waals surface area contributed by atoms with Gasteiger partial charge in [0.1, 0.15) is 0 Å². The van der Waals surface area contributed by atoms with Gasteiger partial charge in [0.05, 0.1) is 13.7 Å². The van der Waals surface area contributed by atoms with Gasteiger partial charge in [-0.3, -0.25) is 9.59 Å². The normalized spacial score (nSPS) is 13.7. The Morgan fingerprint density at radius 1 is 0.816 bits per heavy atom. The summed E-state index contributed by atoms with van der Waals surface area (Å²) in [6.45, 7) is 2.57. The molecule has 1 aliphatic carbocycles. The number of nitrogens with zero attached hydrogens (tertiary/aromatic N) is 2. The van der Waals surface area contributed by atoms with E-state index < -0.39 is 0 Å². The van der Waals surface area contributed by atoms with E-state index in [9.17, 15) is 9.59 Å². The number of methoxy groups -OCH3 is 1. The van der Waals surface area contributed by atoms with Crippen molar-refractivity contribution < 1.29 is 14.3 Å². The van der Waals surface area contributed by atoms with Gasteiger partial charge in [-0.15, -0.1) is 0 Å². The minimum Gasteiger partial charge on any atom is -0.469 e. The molecule has 0 aliphatic heterocycles. The molecular weight excluding hydrogens is 472 g/mol. The molecule has 1 fully saturated rings. The number of esters is 1. The van der Waals surface area contributed by atoms with Crippen LogP contribution < -0.4 is 9.80 Å². The summed E-state index contributed by atoms with van der Waals surface area (Å²) < 4.78 is 4.83. The Morgan fingerprint density at radius 3 is 2.05 bits per heavy atom. The first-order valence-corrected chi connectivity index (χ1v) is 13.7. The van der Waals surface area contributed by atoms with Gasteiger partial charge in [-0.05, 0) is 78.3 Å². The fourth-order valence-corrected chi connectivity index (χ4v) is 5.29. The summed E-state index contributed by atoms with van der Waals surface area (Å²) >= 11 is 0. The molecular formula is C33H40N2O3. The van der Waals surface area contributed by atoms with Crippen molar-refractivity contribution in [2.45, 2.75) is 58.4 Å². The lowest BCUT2D eigenvalue weighted by atomic mass is 9.88. The first kappa shape index (κ1) is 27.4. The molecule has 0 unspecified atom stereocenters. The molecule has 200 valence electrons. The van der Waals surface area contributed by atoms with E-state index in [0.29, 0.717) is 19.4 Å². The molecule has 0 bridgehead atoms. The van der Waals surface area contributed by atoms with Gasteiger partial charge in [-0.25, -0.2) is 0 Å². The molecule has 1 amide bonds. The fourth-order valence-electron chi connectivity index (χ4n) is 5.29. The number of carbonyl (C=O) groups is 2. The Hall–Kier alpha value is -3.60. The molecule has 4 rings (SSSR count). The highest BCUT2D eigenvalue weighted by molar-refractivity contribution is 5.95. The Balaban J connectivity index is 1.59. The van der Waals surface area contributed by atoms with Crippen LogP contribution in [0.5, 0.6) is 0 Å². The molecule has 3 aromatic rings. The van der Waals surface area contributed by atoms with Gasteiger partial charge >= 0.3 is 5.97 Å². The van der Waals surface area contributed by atoms with Gasteiger partial charge in [0.25, 0.3) is 0 Å². The van der Waals surface area contributed by atoms with Crippen LogP contribution in [0.3, 0.4) is 0 Å². The fraction of sp³-hybridized carbons (Fsp3) is 0.394. The van der Waals surface area contributed by atoms with E-state index in [4.69, 9.17) is 4.74 Å². The number of ether oxygens (including phenoxy) is 1. The van der Waals surface area contributed by atoms with Crippen LogP contribution in [0, 0.1) is 12.8 Å². The van der Waals surface area contributed by atoms with E-state index >= 15 is 0 Å². The molecule has 0 heterocycles. The van der Waals surface area contributed by atoms with Crippen molar-refractivity contribution in [2.75, 3.05) is 31.0 Å². The third-order valence-corrected chi connectivity index (χ3v) is 7.51. The van der Waals surface area contributed by atoms with E-state index in [2.05, 4.69) is 71.6 Å². The summed E-state index contributed by atoms with van der Waals surface area (Å²) in [7, 11) is 5.50. The van der Waals surface area contributed by atoms with Crippen molar-refractivity contribution in [1.82, 2.24) is 0 Å². The van der Waals surface area contributed by atoms with Crippen LogP contribution >= 0.6 is 0 Å². The second-order valence-corrected chi connectivity index (χ2v) is 10.7. The average Bonchev–Trinajstić information content (AvgIpc) is 2.94. The average molecular weight is 513 g/mol. The van der Waals surface area contributed by atoms with Crippen molar-refractivity contribution >= 4 is 23.3 Å². The molecule has 0 radical (unpaired) electrons. The lowest BCUT2D eigenvalue weighted by Gasteiger charge is -2.30. The van der Waals surface area contributed by atoms with Gasteiger partial charge in [0.2, 0.25) is 5.91 Å². The molecule has 0 atom stereocenters. The van der Waals surface area contributed by atoms with Crippen molar-refractivity contribution in [3.63, 3.8) is 0 Å². The molecule has 5 heteroatoms. The van der Waals surface area contributed by atoms with E-state index in [1.807, 2.05) is 25.9 Å². The van der Waals surface area contributed by atoms with Crippen LogP contribution in [-0.4, -0.2) is 33.1 Å². The summed E-state index contributed by atoms with van der Waals surface area (Å²) in [5.41, 5.74) is 7.63. The number of hydrogen-bond acceptors (Lipinski definition) is 4. The molecule has 38 heavy (non-hydrogen) atoms. The van der Waals surface area contributed by atoms with Crippen LogP contribution in [0.4, 0.5) is 11.4 Å². The van der Waals surface area contributed by atoms with E-state index in [-0.39, 0.29) is 17.8 Å². The van der Waals surface area contributed by atoms with Crippen molar-refractivity contribution in [1.29, 1.82) is 0 Å². The number of amides is 1. The number of anilines is 2. The quantitative estimate of drug-likeness (QED) is 0.291. The number of hydrogen-bond donors (Lipinski definition) is 0. The van der Waals surface area contributed by atoms with Gasteiger partial charge in [0.15, 0.2) is 0 Å². The van der Waals surface area contributed by atoms with Gasteiger partial charge in [0, 0.05) is 37.8 Å². The zero-order chi connectivity index (χ0) is 27.1. The minimum absolute atomic E-state index is 0.0669. The van der Waals surface area contributed by atoms with Crippen molar-refractivity contribution in [2.24, 2.45) is 5.92 Å². The van der Waals surface area contributed by atoms with Crippen molar-refractivity contribution in [3.8, 4) is 11.1 Å². The summed E-state index contributed by atoms with van der Waals surface area (Å²) in [4.78, 5) is 29.7. The molecule has 1 saturated carbocycles. The molecule has 0 saturated heterocycles. The Labute approximate surface area is 227 Å². The van der Waals surface area contributed by atoms with Gasteiger partial charge in [-0.2, -0.15) is 0 Å². The minimum atomic E-state index is -0.223. The molecule has 0 N–H and O–H groups in total. The topological polar surface area (TPSA) is 49.9 Å². The van der Waals surface area contributed by atoms with Crippen LogP contribution in [0.2, 0.25) is 0 Å². The lowest BCUT2D eigenvalue weighted by Crippen LogP contribution is -2.36. The van der Waals surface area contributed by atoms with Crippen LogP contribution in [0.25, 0.3) is 11.1 Å². The third-order valence-electron chi connectivity index (χ3n) is 7.51. The highest BCUT2D eigenvalue weighted by Gasteiger charge is 2.27. The number of carbonyl (C=O) groups excluding carboxylic acids is 2. The third kappa shape index (κ3) is 7.03. The Bertz CT molecular complexity index is 1230. The lowest BCUT2D eigenvalue weighted by molar-refractivity contribution is -0.140. The number of rotatable bonds is 9. The molecule has 0 spiro atoms. The monoisotopic (exact) mass is 512 g/mol. The largest absolute Gasteiger partial charge is 0.469 e. The summed E-state index contributed by atoms with van der Waals surface area (Å²) in [6.07, 6.45) is 6.27. The van der Waals surface area contributed by atoms with Crippen molar-refractivity contribution in [3.05, 3.63) is 83.4 Å². The Kier molecular flexibility index (Phi) is 9.22. The maximum absolute atomic E-state index is 13.9. The number of aryl methyl sites for hydroxylation is 2. The maximum atomic E-state index is 13.9. The summed E-state index contributed by atoms with van der Waals surface area (Å²) in [5, 5.41) is 0. The SMILES string of the molecule is COC(=O)CCc1cc(C)cc(N(Cc2ccc(-c3ccc(N(C)C)cc3)cc2)C(=O)C2CCCCC2)c1. The van der Waals surface area contributed by atoms with Gasteiger partial charge < -0.3 is 14.5 Å². The van der Waals surface area contributed by atoms with E-state index in [1.165, 1.54) is 24.8 Å². The smallest absolute Gasteiger partial charge is 0.305 e. The number of benzene rings is 3. The van der Waals surface area contributed by atoms with Crippen LogP contribution in [0.1, 0.15) is 55.2 Å². The summed E-state index contributed by atoms with van der Waals surface area (Å²) in [6, 6.07) is 23.3. The molecule has 0 aromatic heterocycles. The zero-order valence-corrected chi connectivity index (χ0v) is 23.2. The Morgan fingerprint density at radius 2 is 1.45 bits per heavy atom. The first-order valence-electron chi connectivity index (χ1n) is 13.7. The molecule has 1 aliphatic rings. The van der Waals surface area contributed by atoms with Crippen LogP contribution in [0.15, 0.2) is 66.7 Å². The van der Waals surface area contributed by atoms with E-state index in [0.717, 1.165) is 53.6 Å². The zero-order valence-electron chi connectivity index (χ0n) is 23.2. The second-order valence-electron chi connectivity index (χ2n) is 10.7. The second kappa shape index (κ2) is 12.8. The van der Waals surface area contributed by atoms with Gasteiger partial charge in [-0.1, -0.05) is 61.7 Å². The summed E-state index contributed by atoms with van der Waals surface area (Å²) in [5.74, 6) is 0.0504. The first-order chi connectivity index (χ1) is 18.3. The predicted octanol–water partition coefficient (Wildman–Crippen LogP) is 6.95. The van der Waals surface area contributed by atoms with E-state index in [1.54, 1.807) is 0 Å². The molecule has 3 aromatic carbocycles. The highest BCUT2D eigenvalue weighted by atomic mass is 16.5. The maximum Gasteiger partial charge on any atom is 0.305 e. The standard InChI is InChI=1S/C33H40N2O3/c1-24-20-26(12-19-32(36)38-4)22-31(21-24)35(33(37)29-8-6-5-7-9-29)23-25-10-13-27(14-11-25)28-15-17-30(18-16-28)34(2)3/h10-11,13-18,20-22,29H,5-9,12,19,23H2,1-4H3. The molecule has 5 nitrogen and oxygen atoms in total. The highest BCUT2D eigenvalue weighted by Crippen LogP contribution is 2.31.